The van der Waals surface area contributed by atoms with E-state index in [2.05, 4.69) is 48.7 Å². The van der Waals surface area contributed by atoms with Crippen LogP contribution in [0.2, 0.25) is 0 Å². The van der Waals surface area contributed by atoms with Crippen molar-refractivity contribution in [3.05, 3.63) is 30.0 Å². The second kappa shape index (κ2) is 13.0. The van der Waals surface area contributed by atoms with Gasteiger partial charge >= 0.3 is 6.09 Å². The monoisotopic (exact) mass is 563 g/mol. The minimum absolute atomic E-state index is 0.0692. The zero-order chi connectivity index (χ0) is 29.6. The fourth-order valence-electron chi connectivity index (χ4n) is 4.96. The van der Waals surface area contributed by atoms with Crippen LogP contribution in [0.4, 0.5) is 33.6 Å². The van der Waals surface area contributed by atoms with Crippen molar-refractivity contribution in [1.82, 2.24) is 19.8 Å². The third kappa shape index (κ3) is 8.20. The quantitative estimate of drug-likeness (QED) is 0.453. The van der Waals surface area contributed by atoms with Gasteiger partial charge in [-0.25, -0.2) is 9.78 Å². The van der Waals surface area contributed by atoms with E-state index in [0.717, 1.165) is 51.3 Å². The van der Waals surface area contributed by atoms with Gasteiger partial charge < -0.3 is 30.1 Å². The summed E-state index contributed by atoms with van der Waals surface area (Å²) >= 11 is 0. The summed E-state index contributed by atoms with van der Waals surface area (Å²) in [5.41, 5.74) is 1.81. The Balaban J connectivity index is 1.55. The largest absolute Gasteiger partial charge is 0.444 e. The number of nitrogens with one attached hydrogen (secondary N) is 3. The zero-order valence-corrected chi connectivity index (χ0v) is 24.7. The number of anilines is 5. The Labute approximate surface area is 242 Å². The Bertz CT molecular complexity index is 1270. The van der Waals surface area contributed by atoms with Crippen LogP contribution in [-0.4, -0.2) is 89.2 Å². The van der Waals surface area contributed by atoms with Crippen LogP contribution in [-0.2, 0) is 9.53 Å². The second-order valence-corrected chi connectivity index (χ2v) is 11.4. The Morgan fingerprint density at radius 3 is 2.41 bits per heavy atom. The summed E-state index contributed by atoms with van der Waals surface area (Å²) in [6.45, 7) is 15.3. The molecule has 2 fully saturated rings. The molecule has 0 radical (unpaired) electrons. The van der Waals surface area contributed by atoms with Gasteiger partial charge in [0.25, 0.3) is 0 Å². The Morgan fingerprint density at radius 2 is 1.80 bits per heavy atom. The van der Waals surface area contributed by atoms with Crippen LogP contribution < -0.4 is 20.9 Å². The molecule has 41 heavy (non-hydrogen) atoms. The maximum absolute atomic E-state index is 12.7. The van der Waals surface area contributed by atoms with Gasteiger partial charge in [-0.2, -0.15) is 10.2 Å². The van der Waals surface area contributed by atoms with Gasteiger partial charge in [0.15, 0.2) is 0 Å². The normalized spacial score (nSPS) is 16.6. The van der Waals surface area contributed by atoms with Gasteiger partial charge in [0.2, 0.25) is 11.9 Å². The van der Waals surface area contributed by atoms with Crippen molar-refractivity contribution in [1.29, 1.82) is 5.26 Å². The van der Waals surface area contributed by atoms with Crippen molar-refractivity contribution in [3.8, 4) is 6.07 Å². The van der Waals surface area contributed by atoms with E-state index >= 15 is 0 Å². The maximum atomic E-state index is 12.7. The molecular formula is C29H41N9O3. The van der Waals surface area contributed by atoms with Gasteiger partial charge in [-0.3, -0.25) is 10.1 Å². The first kappa shape index (κ1) is 29.9. The van der Waals surface area contributed by atoms with Crippen LogP contribution >= 0.6 is 0 Å². The standard InChI is InChI=1S/C29H41N9O3/c1-6-36-13-15-38(16-14-36)23-7-8-24(25(17-23)34-28(40)41-29(3,4)5)33-27-31-19-21(18-30)26(35-27)32-22-9-11-37(12-10-22)20(2)39/h7-8,17,19,22H,6,9-16H2,1-5H3,(H,34,40)(H2,31,32,33,35). The van der Waals surface area contributed by atoms with E-state index in [1.807, 2.05) is 43.9 Å². The van der Waals surface area contributed by atoms with E-state index in [4.69, 9.17) is 4.74 Å². The number of benzene rings is 1. The molecule has 12 nitrogen and oxygen atoms in total. The number of likely N-dealkylation sites (N-methyl/N-ethyl adjacent to an activating group) is 1. The molecule has 3 N–H and O–H groups in total. The Kier molecular flexibility index (Phi) is 9.50. The Hall–Kier alpha value is -4.11. The van der Waals surface area contributed by atoms with Crippen molar-refractivity contribution in [2.45, 2.75) is 59.1 Å². The molecule has 12 heteroatoms. The third-order valence-electron chi connectivity index (χ3n) is 7.26. The minimum atomic E-state index is -0.650. The van der Waals surface area contributed by atoms with Crippen molar-refractivity contribution < 1.29 is 14.3 Å². The van der Waals surface area contributed by atoms with Crippen molar-refractivity contribution in [2.75, 3.05) is 66.7 Å². The van der Waals surface area contributed by atoms with Crippen LogP contribution in [0.5, 0.6) is 0 Å². The molecule has 0 aliphatic carbocycles. The van der Waals surface area contributed by atoms with Crippen LogP contribution in [0, 0.1) is 11.3 Å². The Morgan fingerprint density at radius 1 is 1.10 bits per heavy atom. The number of rotatable bonds is 7. The molecule has 0 saturated carbocycles. The fraction of sp³-hybridized carbons (Fsp3) is 0.552. The first-order valence-electron chi connectivity index (χ1n) is 14.2. The summed E-state index contributed by atoms with van der Waals surface area (Å²) in [6.07, 6.45) is 2.43. The fourth-order valence-corrected chi connectivity index (χ4v) is 4.96. The van der Waals surface area contributed by atoms with Gasteiger partial charge in [-0.15, -0.1) is 0 Å². The highest BCUT2D eigenvalue weighted by Gasteiger charge is 2.23. The molecule has 3 heterocycles. The van der Waals surface area contributed by atoms with Gasteiger partial charge in [-0.05, 0) is 58.4 Å². The summed E-state index contributed by atoms with van der Waals surface area (Å²) in [5, 5.41) is 19.1. The van der Waals surface area contributed by atoms with E-state index in [0.29, 0.717) is 35.8 Å². The number of amides is 2. The number of aromatic nitrogens is 2. The van der Waals surface area contributed by atoms with E-state index in [9.17, 15) is 14.9 Å². The van der Waals surface area contributed by atoms with Crippen LogP contribution in [0.1, 0.15) is 53.0 Å². The molecule has 1 aromatic carbocycles. The summed E-state index contributed by atoms with van der Waals surface area (Å²) in [7, 11) is 0. The lowest BCUT2D eigenvalue weighted by Gasteiger charge is -2.35. The number of carbonyl (C=O) groups excluding carboxylic acids is 2. The number of piperidine rings is 1. The van der Waals surface area contributed by atoms with Gasteiger partial charge in [0, 0.05) is 57.9 Å². The predicted molar refractivity (Wildman–Crippen MR) is 160 cm³/mol. The van der Waals surface area contributed by atoms with Crippen LogP contribution in [0.3, 0.4) is 0 Å². The summed E-state index contributed by atoms with van der Waals surface area (Å²) in [4.78, 5) is 39.9. The molecule has 1 aromatic heterocycles. The number of nitriles is 1. The van der Waals surface area contributed by atoms with Gasteiger partial charge in [-0.1, -0.05) is 6.92 Å². The van der Waals surface area contributed by atoms with Crippen molar-refractivity contribution >= 4 is 40.8 Å². The number of hydrogen-bond acceptors (Lipinski definition) is 10. The molecule has 4 rings (SSSR count). The first-order chi connectivity index (χ1) is 19.5. The number of piperazine rings is 1. The molecular weight excluding hydrogens is 522 g/mol. The molecule has 0 spiro atoms. The lowest BCUT2D eigenvalue weighted by molar-refractivity contribution is -0.129. The van der Waals surface area contributed by atoms with Crippen LogP contribution in [0.15, 0.2) is 24.4 Å². The lowest BCUT2D eigenvalue weighted by atomic mass is 10.0. The molecule has 2 aliphatic heterocycles. The zero-order valence-electron chi connectivity index (χ0n) is 24.7. The number of nitrogens with zero attached hydrogens (tertiary/aromatic N) is 6. The maximum Gasteiger partial charge on any atom is 0.412 e. The minimum Gasteiger partial charge on any atom is -0.444 e. The average Bonchev–Trinajstić information content (AvgIpc) is 2.93. The molecule has 2 saturated heterocycles. The van der Waals surface area contributed by atoms with E-state index < -0.39 is 11.7 Å². The second-order valence-electron chi connectivity index (χ2n) is 11.4. The third-order valence-corrected chi connectivity index (χ3v) is 7.26. The van der Waals surface area contributed by atoms with Gasteiger partial charge in [0.05, 0.1) is 17.6 Å². The van der Waals surface area contributed by atoms with Crippen molar-refractivity contribution in [3.63, 3.8) is 0 Å². The van der Waals surface area contributed by atoms with Gasteiger partial charge in [0.1, 0.15) is 23.1 Å². The lowest BCUT2D eigenvalue weighted by Crippen LogP contribution is -2.46. The number of ether oxygens (including phenoxy) is 1. The van der Waals surface area contributed by atoms with E-state index in [-0.39, 0.29) is 17.9 Å². The molecule has 2 amide bonds. The molecule has 0 bridgehead atoms. The highest BCUT2D eigenvalue weighted by molar-refractivity contribution is 5.92. The molecule has 0 unspecified atom stereocenters. The summed E-state index contributed by atoms with van der Waals surface area (Å²) in [5.74, 6) is 0.780. The molecule has 2 aromatic rings. The SMILES string of the molecule is CCN1CCN(c2ccc(Nc3ncc(C#N)c(NC4CCN(C(C)=O)CC4)n3)c(NC(=O)OC(C)(C)C)c2)CC1. The number of likely N-dealkylation sites (tertiary alicyclic amines) is 1. The molecule has 220 valence electrons. The number of carbonyl (C=O) groups is 2. The van der Waals surface area contributed by atoms with Crippen LogP contribution in [0.25, 0.3) is 0 Å². The van der Waals surface area contributed by atoms with E-state index in [1.165, 1.54) is 6.20 Å². The van der Waals surface area contributed by atoms with Crippen molar-refractivity contribution in [2.24, 2.45) is 0 Å². The summed E-state index contributed by atoms with van der Waals surface area (Å²) < 4.78 is 5.52. The summed E-state index contributed by atoms with van der Waals surface area (Å²) in [6, 6.07) is 8.06. The number of hydrogen-bond donors (Lipinski definition) is 3. The predicted octanol–water partition coefficient (Wildman–Crippen LogP) is 4.00. The average molecular weight is 564 g/mol. The first-order valence-corrected chi connectivity index (χ1v) is 14.2. The highest BCUT2D eigenvalue weighted by atomic mass is 16.6. The highest BCUT2D eigenvalue weighted by Crippen LogP contribution is 2.31. The smallest absolute Gasteiger partial charge is 0.412 e. The molecule has 2 aliphatic rings. The van der Waals surface area contributed by atoms with E-state index in [1.54, 1.807) is 6.92 Å². The topological polar surface area (TPSA) is 139 Å². The molecule has 0 atom stereocenters.